The van der Waals surface area contributed by atoms with Crippen LogP contribution in [0, 0.1) is 0 Å². The molecular formula is C12H16N6O. The first-order chi connectivity index (χ1) is 9.08. The van der Waals surface area contributed by atoms with E-state index in [2.05, 4.69) is 20.5 Å². The molecule has 0 bridgehead atoms. The molecule has 0 unspecified atom stereocenters. The molecule has 2 heterocycles. The molecule has 0 aliphatic carbocycles. The molecule has 0 aromatic carbocycles. The third-order valence-corrected chi connectivity index (χ3v) is 2.63. The fraction of sp³-hybridized carbons (Fsp3) is 0.250. The highest BCUT2D eigenvalue weighted by Crippen LogP contribution is 2.11. The summed E-state index contributed by atoms with van der Waals surface area (Å²) in [6, 6.07) is 3.49. The highest BCUT2D eigenvalue weighted by Gasteiger charge is 2.08. The van der Waals surface area contributed by atoms with Gasteiger partial charge in [0.05, 0.1) is 11.8 Å². The molecule has 4 N–H and O–H groups in total. The van der Waals surface area contributed by atoms with Gasteiger partial charge in [0.2, 0.25) is 0 Å². The van der Waals surface area contributed by atoms with Crippen molar-refractivity contribution in [3.05, 3.63) is 35.7 Å². The fourth-order valence-corrected chi connectivity index (χ4v) is 1.53. The van der Waals surface area contributed by atoms with Gasteiger partial charge < -0.3 is 16.0 Å². The van der Waals surface area contributed by atoms with Gasteiger partial charge in [-0.2, -0.15) is 5.10 Å². The average molecular weight is 260 g/mol. The summed E-state index contributed by atoms with van der Waals surface area (Å²) in [7, 11) is 3.41. The van der Waals surface area contributed by atoms with E-state index >= 15 is 0 Å². The van der Waals surface area contributed by atoms with Crippen molar-refractivity contribution < 1.29 is 4.79 Å². The lowest BCUT2D eigenvalue weighted by Crippen LogP contribution is -2.21. The predicted molar refractivity (Wildman–Crippen MR) is 72.6 cm³/mol. The number of hydrogen-bond acceptors (Lipinski definition) is 5. The van der Waals surface area contributed by atoms with Crippen LogP contribution in [-0.2, 0) is 6.54 Å². The van der Waals surface area contributed by atoms with Crippen molar-refractivity contribution in [2.45, 2.75) is 6.54 Å². The lowest BCUT2D eigenvalue weighted by Gasteiger charge is -2.10. The van der Waals surface area contributed by atoms with Gasteiger partial charge in [-0.15, -0.1) is 0 Å². The van der Waals surface area contributed by atoms with Gasteiger partial charge in [-0.05, 0) is 12.1 Å². The molecule has 100 valence electrons. The van der Waals surface area contributed by atoms with Crippen LogP contribution in [0.2, 0.25) is 0 Å². The number of nitrogens with two attached hydrogens (primary N) is 1. The Morgan fingerprint density at radius 2 is 2.21 bits per heavy atom. The van der Waals surface area contributed by atoms with Crippen molar-refractivity contribution in [1.29, 1.82) is 0 Å². The number of amides is 1. The van der Waals surface area contributed by atoms with Gasteiger partial charge in [0.15, 0.2) is 0 Å². The second-order valence-corrected chi connectivity index (χ2v) is 4.29. The number of carbonyl (C=O) groups excluding carboxylic acids is 1. The normalized spacial score (nSPS) is 10.2. The number of nitrogen functional groups attached to an aromatic ring is 1. The molecule has 1 amide bonds. The van der Waals surface area contributed by atoms with E-state index in [1.807, 2.05) is 0 Å². The van der Waals surface area contributed by atoms with Crippen molar-refractivity contribution in [3.63, 3.8) is 0 Å². The predicted octanol–water partition coefficient (Wildman–Crippen LogP) is 0.701. The number of aromatic nitrogens is 3. The number of carbonyl (C=O) groups is 1. The highest BCUT2D eigenvalue weighted by atomic mass is 16.2. The van der Waals surface area contributed by atoms with E-state index in [0.717, 1.165) is 5.56 Å². The Morgan fingerprint density at radius 1 is 1.42 bits per heavy atom. The molecule has 0 radical (unpaired) electrons. The first-order valence-electron chi connectivity index (χ1n) is 5.77. The Labute approximate surface area is 110 Å². The standard InChI is InChI=1S/C12H16N6O/c1-18(2)12(19)8-3-4-10(14-5-8)15-6-9-7-16-17-11(9)13/h3-5,7H,6H2,1-2H3,(H,14,15)(H3,13,16,17). The topological polar surface area (TPSA) is 99.9 Å². The molecule has 7 nitrogen and oxygen atoms in total. The summed E-state index contributed by atoms with van der Waals surface area (Å²) in [5.41, 5.74) is 7.10. The summed E-state index contributed by atoms with van der Waals surface area (Å²) in [5.74, 6) is 1.14. The quantitative estimate of drug-likeness (QED) is 0.751. The summed E-state index contributed by atoms with van der Waals surface area (Å²) in [6.45, 7) is 0.524. The van der Waals surface area contributed by atoms with E-state index in [-0.39, 0.29) is 5.91 Å². The smallest absolute Gasteiger partial charge is 0.254 e. The summed E-state index contributed by atoms with van der Waals surface area (Å²) in [5, 5.41) is 9.60. The van der Waals surface area contributed by atoms with E-state index in [4.69, 9.17) is 5.73 Å². The van der Waals surface area contributed by atoms with Crippen LogP contribution < -0.4 is 11.1 Å². The monoisotopic (exact) mass is 260 g/mol. The molecule has 7 heteroatoms. The molecule has 0 spiro atoms. The lowest BCUT2D eigenvalue weighted by atomic mass is 10.2. The summed E-state index contributed by atoms with van der Waals surface area (Å²) in [4.78, 5) is 17.4. The van der Waals surface area contributed by atoms with Crippen LogP contribution in [-0.4, -0.2) is 40.1 Å². The maximum Gasteiger partial charge on any atom is 0.254 e. The van der Waals surface area contributed by atoms with Gasteiger partial charge in [0.25, 0.3) is 5.91 Å². The number of anilines is 2. The average Bonchev–Trinajstić information content (AvgIpc) is 2.81. The number of hydrogen-bond donors (Lipinski definition) is 3. The molecule has 2 rings (SSSR count). The van der Waals surface area contributed by atoms with Gasteiger partial charge in [-0.25, -0.2) is 4.98 Å². The number of rotatable bonds is 4. The first kappa shape index (κ1) is 12.9. The van der Waals surface area contributed by atoms with E-state index < -0.39 is 0 Å². The van der Waals surface area contributed by atoms with E-state index in [0.29, 0.717) is 23.7 Å². The fourth-order valence-electron chi connectivity index (χ4n) is 1.53. The van der Waals surface area contributed by atoms with Crippen molar-refractivity contribution in [2.24, 2.45) is 0 Å². The molecule has 0 saturated heterocycles. The summed E-state index contributed by atoms with van der Waals surface area (Å²) in [6.07, 6.45) is 3.20. The summed E-state index contributed by atoms with van der Waals surface area (Å²) >= 11 is 0. The van der Waals surface area contributed by atoms with Gasteiger partial charge in [0, 0.05) is 32.4 Å². The summed E-state index contributed by atoms with van der Waals surface area (Å²) < 4.78 is 0. The van der Waals surface area contributed by atoms with Gasteiger partial charge >= 0.3 is 0 Å². The SMILES string of the molecule is CN(C)C(=O)c1ccc(NCc2cn[nH]c2N)nc1. The molecule has 19 heavy (non-hydrogen) atoms. The highest BCUT2D eigenvalue weighted by molar-refractivity contribution is 5.93. The number of H-pyrrole nitrogens is 1. The Morgan fingerprint density at radius 3 is 2.74 bits per heavy atom. The van der Waals surface area contributed by atoms with Crippen LogP contribution in [0.4, 0.5) is 11.6 Å². The third kappa shape index (κ3) is 3.01. The molecule has 0 saturated carbocycles. The zero-order valence-electron chi connectivity index (χ0n) is 10.8. The van der Waals surface area contributed by atoms with Gasteiger partial charge in [-0.1, -0.05) is 0 Å². The van der Waals surface area contributed by atoms with Crippen LogP contribution in [0.3, 0.4) is 0 Å². The van der Waals surface area contributed by atoms with Crippen LogP contribution in [0.5, 0.6) is 0 Å². The van der Waals surface area contributed by atoms with Crippen LogP contribution in [0.25, 0.3) is 0 Å². The van der Waals surface area contributed by atoms with Crippen molar-refractivity contribution in [2.75, 3.05) is 25.1 Å². The lowest BCUT2D eigenvalue weighted by molar-refractivity contribution is 0.0827. The van der Waals surface area contributed by atoms with Crippen LogP contribution >= 0.6 is 0 Å². The number of pyridine rings is 1. The Hall–Kier alpha value is -2.57. The number of nitrogens with zero attached hydrogens (tertiary/aromatic N) is 3. The van der Waals surface area contributed by atoms with Crippen LogP contribution in [0.1, 0.15) is 15.9 Å². The Kier molecular flexibility index (Phi) is 3.65. The van der Waals surface area contributed by atoms with Crippen molar-refractivity contribution in [1.82, 2.24) is 20.1 Å². The molecular weight excluding hydrogens is 244 g/mol. The zero-order chi connectivity index (χ0) is 13.8. The third-order valence-electron chi connectivity index (χ3n) is 2.63. The van der Waals surface area contributed by atoms with E-state index in [9.17, 15) is 4.79 Å². The van der Waals surface area contributed by atoms with Crippen molar-refractivity contribution in [3.8, 4) is 0 Å². The minimum absolute atomic E-state index is 0.0712. The number of nitrogens with one attached hydrogen (secondary N) is 2. The number of aromatic amines is 1. The van der Waals surface area contributed by atoms with Gasteiger partial charge in [0.1, 0.15) is 11.6 Å². The van der Waals surface area contributed by atoms with Crippen LogP contribution in [0.15, 0.2) is 24.5 Å². The molecule has 0 atom stereocenters. The second kappa shape index (κ2) is 5.38. The zero-order valence-corrected chi connectivity index (χ0v) is 10.8. The van der Waals surface area contributed by atoms with E-state index in [1.54, 1.807) is 38.6 Å². The minimum atomic E-state index is -0.0712. The second-order valence-electron chi connectivity index (χ2n) is 4.29. The largest absolute Gasteiger partial charge is 0.384 e. The Balaban J connectivity index is 1.99. The molecule has 0 aliphatic rings. The molecule has 2 aromatic rings. The first-order valence-corrected chi connectivity index (χ1v) is 5.77. The molecule has 0 fully saturated rings. The molecule has 0 aliphatic heterocycles. The maximum absolute atomic E-state index is 11.7. The minimum Gasteiger partial charge on any atom is -0.384 e. The maximum atomic E-state index is 11.7. The van der Waals surface area contributed by atoms with Crippen molar-refractivity contribution >= 4 is 17.5 Å². The molecule has 2 aromatic heterocycles. The Bertz CT molecular complexity index is 560. The van der Waals surface area contributed by atoms with Gasteiger partial charge in [-0.3, -0.25) is 9.89 Å². The van der Waals surface area contributed by atoms with E-state index in [1.165, 1.54) is 4.90 Å².